The van der Waals surface area contributed by atoms with Crippen LogP contribution in [0.15, 0.2) is 30.6 Å². The van der Waals surface area contributed by atoms with Crippen molar-refractivity contribution >= 4 is 28.6 Å². The van der Waals surface area contributed by atoms with Crippen LogP contribution in [0.5, 0.6) is 0 Å². The fourth-order valence-corrected chi connectivity index (χ4v) is 3.52. The molecule has 29 heavy (non-hydrogen) atoms. The molecule has 9 nitrogen and oxygen atoms in total. The molecule has 1 fully saturated rings. The van der Waals surface area contributed by atoms with Crippen LogP contribution in [-0.2, 0) is 11.2 Å². The first kappa shape index (κ1) is 19.6. The minimum absolute atomic E-state index is 0.248. The number of benzene rings is 1. The van der Waals surface area contributed by atoms with Crippen molar-refractivity contribution < 1.29 is 14.9 Å². The number of rotatable bonds is 7. The lowest BCUT2D eigenvalue weighted by Crippen LogP contribution is -2.24. The zero-order chi connectivity index (χ0) is 20.4. The second-order valence-corrected chi connectivity index (χ2v) is 7.30. The summed E-state index contributed by atoms with van der Waals surface area (Å²) >= 11 is 0. The molecular weight excluding hydrogens is 372 g/mol. The van der Waals surface area contributed by atoms with Crippen molar-refractivity contribution in [3.63, 3.8) is 0 Å². The Morgan fingerprint density at radius 2 is 2.07 bits per heavy atom. The summed E-state index contributed by atoms with van der Waals surface area (Å²) in [4.78, 5) is 13.2. The molecule has 0 bridgehead atoms. The Labute approximate surface area is 168 Å². The van der Waals surface area contributed by atoms with E-state index in [0.717, 1.165) is 12.1 Å². The van der Waals surface area contributed by atoms with E-state index in [1.165, 1.54) is 18.4 Å². The number of fused-ring (bicyclic) bond motifs is 1. The third kappa shape index (κ3) is 4.02. The summed E-state index contributed by atoms with van der Waals surface area (Å²) in [5, 5.41) is 22.5. The van der Waals surface area contributed by atoms with Gasteiger partial charge in [0.05, 0.1) is 19.0 Å². The van der Waals surface area contributed by atoms with E-state index in [0.29, 0.717) is 23.5 Å². The molecular formula is C20H26N6O3. The van der Waals surface area contributed by atoms with Crippen molar-refractivity contribution in [3.8, 4) is 0 Å². The van der Waals surface area contributed by atoms with E-state index in [1.54, 1.807) is 10.9 Å². The number of aromatic nitrogens is 4. The Morgan fingerprint density at radius 3 is 2.76 bits per heavy atom. The average molecular weight is 398 g/mol. The van der Waals surface area contributed by atoms with Gasteiger partial charge in [0, 0.05) is 12.1 Å². The molecule has 0 saturated carbocycles. The van der Waals surface area contributed by atoms with E-state index < -0.39 is 18.4 Å². The number of aliphatic hydroxyl groups excluding tert-OH is 2. The largest absolute Gasteiger partial charge is 0.394 e. The van der Waals surface area contributed by atoms with Gasteiger partial charge >= 0.3 is 0 Å². The number of hydrogen-bond donors (Lipinski definition) is 4. The first-order chi connectivity index (χ1) is 14.1. The van der Waals surface area contributed by atoms with Crippen molar-refractivity contribution in [2.75, 3.05) is 17.7 Å². The average Bonchev–Trinajstić information content (AvgIpc) is 3.30. The lowest BCUT2D eigenvalue weighted by molar-refractivity contribution is -0.0432. The lowest BCUT2D eigenvalue weighted by Gasteiger charge is -2.14. The SMILES string of the molecule is CCCCc1ccc(Nc2nc(N)c3ncn([C@H]4C[C@H](O)[C@@H](CO)O4)c3n2)cc1. The van der Waals surface area contributed by atoms with Crippen LogP contribution >= 0.6 is 0 Å². The molecule has 1 aliphatic rings. The zero-order valence-electron chi connectivity index (χ0n) is 16.3. The van der Waals surface area contributed by atoms with Gasteiger partial charge in [-0.05, 0) is 30.5 Å². The number of nitrogens with one attached hydrogen (secondary N) is 1. The molecule has 0 spiro atoms. The van der Waals surface area contributed by atoms with E-state index in [1.807, 2.05) is 12.1 Å². The van der Waals surface area contributed by atoms with Gasteiger partial charge in [-0.1, -0.05) is 25.5 Å². The van der Waals surface area contributed by atoms with Crippen LogP contribution in [0.3, 0.4) is 0 Å². The second kappa shape index (κ2) is 8.32. The number of anilines is 3. The highest BCUT2D eigenvalue weighted by Gasteiger charge is 2.35. The molecule has 1 aliphatic heterocycles. The first-order valence-electron chi connectivity index (χ1n) is 9.89. The maximum absolute atomic E-state index is 10.0. The highest BCUT2D eigenvalue weighted by molar-refractivity contribution is 5.83. The van der Waals surface area contributed by atoms with E-state index in [9.17, 15) is 10.2 Å². The lowest BCUT2D eigenvalue weighted by atomic mass is 10.1. The number of aryl methyl sites for hydroxylation is 1. The number of nitrogens with two attached hydrogens (primary N) is 1. The smallest absolute Gasteiger partial charge is 0.231 e. The van der Waals surface area contributed by atoms with Gasteiger partial charge in [0.2, 0.25) is 5.95 Å². The molecule has 0 amide bonds. The quantitative estimate of drug-likeness (QED) is 0.476. The van der Waals surface area contributed by atoms with Gasteiger partial charge in [0.25, 0.3) is 0 Å². The Hall–Kier alpha value is -2.75. The summed E-state index contributed by atoms with van der Waals surface area (Å²) in [6.07, 6.45) is 3.46. The molecule has 9 heteroatoms. The number of ether oxygens (including phenoxy) is 1. The minimum Gasteiger partial charge on any atom is -0.394 e. The van der Waals surface area contributed by atoms with E-state index in [2.05, 4.69) is 39.3 Å². The van der Waals surface area contributed by atoms with Gasteiger partial charge in [-0.2, -0.15) is 9.97 Å². The summed E-state index contributed by atoms with van der Waals surface area (Å²) in [5.41, 5.74) is 9.22. The standard InChI is InChI=1S/C20H26N6O3/c1-2-3-4-12-5-7-13(8-6-12)23-20-24-18(21)17-19(25-20)26(11-22-17)16-9-14(28)15(10-27)29-16/h5-8,11,14-16,27-28H,2-4,9-10H2,1H3,(H3,21,23,24,25)/t14-,15+,16+/m0/s1. The van der Waals surface area contributed by atoms with Crippen molar-refractivity contribution in [3.05, 3.63) is 36.2 Å². The third-order valence-corrected chi connectivity index (χ3v) is 5.17. The van der Waals surface area contributed by atoms with Gasteiger partial charge in [0.15, 0.2) is 11.5 Å². The normalized spacial score (nSPS) is 21.7. The number of hydrogen-bond acceptors (Lipinski definition) is 8. The maximum atomic E-state index is 10.0. The van der Waals surface area contributed by atoms with Crippen LogP contribution in [0.4, 0.5) is 17.5 Å². The molecule has 0 unspecified atom stereocenters. The highest BCUT2D eigenvalue weighted by atomic mass is 16.5. The third-order valence-electron chi connectivity index (χ3n) is 5.17. The molecule has 0 aliphatic carbocycles. The second-order valence-electron chi connectivity index (χ2n) is 7.30. The van der Waals surface area contributed by atoms with Crippen LogP contribution in [0.2, 0.25) is 0 Å². The van der Waals surface area contributed by atoms with Crippen molar-refractivity contribution in [2.45, 2.75) is 51.0 Å². The van der Waals surface area contributed by atoms with E-state index in [4.69, 9.17) is 10.5 Å². The van der Waals surface area contributed by atoms with Gasteiger partial charge < -0.3 is 26.0 Å². The van der Waals surface area contributed by atoms with Crippen LogP contribution < -0.4 is 11.1 Å². The number of unbranched alkanes of at least 4 members (excludes halogenated alkanes) is 1. The fraction of sp³-hybridized carbons (Fsp3) is 0.450. The Balaban J connectivity index is 1.58. The number of nitrogens with zero attached hydrogens (tertiary/aromatic N) is 4. The van der Waals surface area contributed by atoms with E-state index in [-0.39, 0.29) is 12.4 Å². The number of nitrogen functional groups attached to an aromatic ring is 1. The van der Waals surface area contributed by atoms with Gasteiger partial charge in [-0.3, -0.25) is 4.57 Å². The van der Waals surface area contributed by atoms with Crippen LogP contribution in [0.1, 0.15) is 38.0 Å². The Morgan fingerprint density at radius 1 is 1.28 bits per heavy atom. The summed E-state index contributed by atoms with van der Waals surface area (Å²) < 4.78 is 7.43. The molecule has 0 radical (unpaired) electrons. The maximum Gasteiger partial charge on any atom is 0.231 e. The molecule has 1 aromatic carbocycles. The summed E-state index contributed by atoms with van der Waals surface area (Å²) in [6, 6.07) is 8.17. The number of aliphatic hydroxyl groups is 2. The molecule has 154 valence electrons. The highest BCUT2D eigenvalue weighted by Crippen LogP contribution is 2.32. The first-order valence-corrected chi connectivity index (χ1v) is 9.89. The van der Waals surface area contributed by atoms with Crippen LogP contribution in [-0.4, -0.2) is 48.5 Å². The van der Waals surface area contributed by atoms with Gasteiger partial charge in [-0.15, -0.1) is 0 Å². The van der Waals surface area contributed by atoms with Crippen LogP contribution in [0.25, 0.3) is 11.2 Å². The molecule has 3 aromatic rings. The monoisotopic (exact) mass is 398 g/mol. The summed E-state index contributed by atoms with van der Waals surface area (Å²) in [6.45, 7) is 1.93. The Bertz CT molecular complexity index is 974. The summed E-state index contributed by atoms with van der Waals surface area (Å²) in [5.74, 6) is 0.614. The molecule has 3 atom stereocenters. The predicted molar refractivity (Wildman–Crippen MR) is 110 cm³/mol. The minimum atomic E-state index is -0.745. The summed E-state index contributed by atoms with van der Waals surface area (Å²) in [7, 11) is 0. The van der Waals surface area contributed by atoms with Gasteiger partial charge in [0.1, 0.15) is 17.8 Å². The van der Waals surface area contributed by atoms with Crippen LogP contribution in [0, 0.1) is 0 Å². The molecule has 4 rings (SSSR count). The molecule has 1 saturated heterocycles. The molecule has 3 heterocycles. The number of imidazole rings is 1. The van der Waals surface area contributed by atoms with Gasteiger partial charge in [-0.25, -0.2) is 4.98 Å². The topological polar surface area (TPSA) is 131 Å². The van der Waals surface area contributed by atoms with Crippen molar-refractivity contribution in [2.24, 2.45) is 0 Å². The van der Waals surface area contributed by atoms with Crippen molar-refractivity contribution in [1.82, 2.24) is 19.5 Å². The zero-order valence-corrected chi connectivity index (χ0v) is 16.3. The predicted octanol–water partition coefficient (Wildman–Crippen LogP) is 2.14. The Kier molecular flexibility index (Phi) is 5.61. The fourth-order valence-electron chi connectivity index (χ4n) is 3.52. The van der Waals surface area contributed by atoms with E-state index >= 15 is 0 Å². The molecule has 5 N–H and O–H groups in total. The van der Waals surface area contributed by atoms with Crippen molar-refractivity contribution in [1.29, 1.82) is 0 Å². The molecule has 2 aromatic heterocycles.